The number of benzene rings is 2. The van der Waals surface area contributed by atoms with Gasteiger partial charge in [0.2, 0.25) is 0 Å². The summed E-state index contributed by atoms with van der Waals surface area (Å²) in [5, 5.41) is 13.8. The zero-order chi connectivity index (χ0) is 22.1. The Bertz CT molecular complexity index is 894. The Morgan fingerprint density at radius 1 is 1.10 bits per heavy atom. The predicted molar refractivity (Wildman–Crippen MR) is 115 cm³/mol. The fraction of sp³-hybridized carbons (Fsp3) is 0.364. The van der Waals surface area contributed by atoms with Crippen molar-refractivity contribution >= 4 is 23.2 Å². The predicted octanol–water partition coefficient (Wildman–Crippen LogP) is 4.26. The average Bonchev–Trinajstić information content (AvgIpc) is 2.73. The molecule has 8 nitrogen and oxygen atoms in total. The van der Waals surface area contributed by atoms with Crippen LogP contribution >= 0.6 is 0 Å². The molecule has 2 aromatic rings. The van der Waals surface area contributed by atoms with Crippen LogP contribution in [0.1, 0.15) is 44.0 Å². The highest BCUT2D eigenvalue weighted by Crippen LogP contribution is 2.27. The van der Waals surface area contributed by atoms with E-state index in [0.717, 1.165) is 12.8 Å². The van der Waals surface area contributed by atoms with Gasteiger partial charge in [0.25, 0.3) is 11.8 Å². The van der Waals surface area contributed by atoms with Crippen molar-refractivity contribution in [2.24, 2.45) is 0 Å². The molecule has 0 aliphatic heterocycles. The molecular weight excluding hydrogens is 386 g/mol. The maximum atomic E-state index is 12.8. The van der Waals surface area contributed by atoms with Crippen molar-refractivity contribution in [1.82, 2.24) is 4.90 Å². The Morgan fingerprint density at radius 3 is 2.40 bits per heavy atom. The van der Waals surface area contributed by atoms with E-state index in [1.54, 1.807) is 35.2 Å². The summed E-state index contributed by atoms with van der Waals surface area (Å²) in [6, 6.07) is 12.6. The molecule has 0 radical (unpaired) electrons. The Kier molecular flexibility index (Phi) is 8.34. The number of anilines is 1. The zero-order valence-electron chi connectivity index (χ0n) is 17.5. The summed E-state index contributed by atoms with van der Waals surface area (Å²) in [6.45, 7) is 6.88. The number of carbonyl (C=O) groups excluding carboxylic acids is 2. The maximum absolute atomic E-state index is 12.8. The number of nitro benzene ring substituents is 1. The van der Waals surface area contributed by atoms with Gasteiger partial charge in [0, 0.05) is 30.4 Å². The van der Waals surface area contributed by atoms with Gasteiger partial charge in [-0.25, -0.2) is 0 Å². The van der Waals surface area contributed by atoms with Crippen LogP contribution in [0.3, 0.4) is 0 Å². The number of nitrogens with one attached hydrogen (secondary N) is 1. The van der Waals surface area contributed by atoms with Crippen LogP contribution in [-0.4, -0.2) is 40.8 Å². The van der Waals surface area contributed by atoms with E-state index in [-0.39, 0.29) is 17.3 Å². The number of hydrogen-bond acceptors (Lipinski definition) is 5. The number of nitrogens with zero attached hydrogens (tertiary/aromatic N) is 2. The van der Waals surface area contributed by atoms with E-state index in [1.807, 2.05) is 13.8 Å². The van der Waals surface area contributed by atoms with Crippen molar-refractivity contribution in [1.29, 1.82) is 0 Å². The van der Waals surface area contributed by atoms with Crippen LogP contribution in [0.15, 0.2) is 48.5 Å². The Labute approximate surface area is 176 Å². The molecule has 0 bridgehead atoms. The minimum Gasteiger partial charge on any atom is -0.474 e. The smallest absolute Gasteiger partial charge is 0.310 e. The van der Waals surface area contributed by atoms with Gasteiger partial charge in [0.05, 0.1) is 4.92 Å². The molecule has 2 rings (SSSR count). The molecule has 0 saturated heterocycles. The van der Waals surface area contributed by atoms with Gasteiger partial charge in [-0.05, 0) is 44.0 Å². The largest absolute Gasteiger partial charge is 0.474 e. The summed E-state index contributed by atoms with van der Waals surface area (Å²) in [4.78, 5) is 37.6. The molecule has 0 aromatic heterocycles. The monoisotopic (exact) mass is 413 g/mol. The van der Waals surface area contributed by atoms with Gasteiger partial charge in [-0.15, -0.1) is 0 Å². The van der Waals surface area contributed by atoms with E-state index >= 15 is 0 Å². The highest BCUT2D eigenvalue weighted by atomic mass is 16.6. The Balaban J connectivity index is 2.09. The van der Waals surface area contributed by atoms with E-state index in [4.69, 9.17) is 4.74 Å². The minimum atomic E-state index is -0.970. The molecule has 2 amide bonds. The first-order valence-electron chi connectivity index (χ1n) is 9.97. The molecule has 0 saturated carbocycles. The van der Waals surface area contributed by atoms with Crippen molar-refractivity contribution in [2.45, 2.75) is 39.7 Å². The molecule has 0 heterocycles. The third-order valence-electron chi connectivity index (χ3n) is 4.39. The molecule has 0 aliphatic rings. The zero-order valence-corrected chi connectivity index (χ0v) is 17.5. The van der Waals surface area contributed by atoms with Crippen molar-refractivity contribution < 1.29 is 19.2 Å². The van der Waals surface area contributed by atoms with E-state index < -0.39 is 16.9 Å². The van der Waals surface area contributed by atoms with Gasteiger partial charge >= 0.3 is 5.69 Å². The lowest BCUT2D eigenvalue weighted by Gasteiger charge is -2.22. The molecule has 1 atom stereocenters. The molecule has 0 fully saturated rings. The minimum absolute atomic E-state index is 0.0175. The molecule has 1 unspecified atom stereocenters. The van der Waals surface area contributed by atoms with E-state index in [2.05, 4.69) is 5.32 Å². The van der Waals surface area contributed by atoms with Crippen molar-refractivity contribution in [3.8, 4) is 5.75 Å². The van der Waals surface area contributed by atoms with Crippen LogP contribution < -0.4 is 10.1 Å². The van der Waals surface area contributed by atoms with Crippen LogP contribution in [0, 0.1) is 10.1 Å². The SMILES string of the molecule is CCCN(CCC)C(=O)c1cccc(NC(=O)C(C)Oc2ccccc2[N+](=O)[O-])c1. The molecule has 0 spiro atoms. The molecule has 1 N–H and O–H groups in total. The molecule has 0 aliphatic carbocycles. The fourth-order valence-electron chi connectivity index (χ4n) is 2.96. The van der Waals surface area contributed by atoms with Gasteiger partial charge in [0.1, 0.15) is 0 Å². The van der Waals surface area contributed by atoms with Gasteiger partial charge in [-0.1, -0.05) is 32.0 Å². The third-order valence-corrected chi connectivity index (χ3v) is 4.39. The lowest BCUT2D eigenvalue weighted by Crippen LogP contribution is -2.33. The van der Waals surface area contributed by atoms with Crippen LogP contribution in [-0.2, 0) is 4.79 Å². The summed E-state index contributed by atoms with van der Waals surface area (Å²) in [7, 11) is 0. The molecular formula is C22H27N3O5. The van der Waals surface area contributed by atoms with Gasteiger partial charge in [-0.3, -0.25) is 19.7 Å². The van der Waals surface area contributed by atoms with Crippen LogP contribution in [0.2, 0.25) is 0 Å². The number of rotatable bonds is 10. The summed E-state index contributed by atoms with van der Waals surface area (Å²) < 4.78 is 5.49. The fourth-order valence-corrected chi connectivity index (χ4v) is 2.96. The Hall–Kier alpha value is -3.42. The van der Waals surface area contributed by atoms with Gasteiger partial charge in [-0.2, -0.15) is 0 Å². The summed E-state index contributed by atoms with van der Waals surface area (Å²) in [5.41, 5.74) is 0.732. The molecule has 2 aromatic carbocycles. The van der Waals surface area contributed by atoms with Crippen molar-refractivity contribution in [3.05, 3.63) is 64.2 Å². The number of ether oxygens (including phenoxy) is 1. The third kappa shape index (κ3) is 6.04. The number of para-hydroxylation sites is 2. The van der Waals surface area contributed by atoms with Crippen molar-refractivity contribution in [3.63, 3.8) is 0 Å². The quantitative estimate of drug-likeness (QED) is 0.463. The lowest BCUT2D eigenvalue weighted by molar-refractivity contribution is -0.386. The number of carbonyl (C=O) groups is 2. The summed E-state index contributed by atoms with van der Waals surface area (Å²) in [5.74, 6) is -0.542. The molecule has 160 valence electrons. The van der Waals surface area contributed by atoms with E-state index in [1.165, 1.54) is 25.1 Å². The normalized spacial score (nSPS) is 11.4. The molecule has 30 heavy (non-hydrogen) atoms. The lowest BCUT2D eigenvalue weighted by atomic mass is 10.1. The van der Waals surface area contributed by atoms with Crippen LogP contribution in [0.4, 0.5) is 11.4 Å². The van der Waals surface area contributed by atoms with E-state index in [0.29, 0.717) is 24.3 Å². The van der Waals surface area contributed by atoms with E-state index in [9.17, 15) is 19.7 Å². The first-order chi connectivity index (χ1) is 14.4. The number of amides is 2. The second kappa shape index (κ2) is 10.9. The standard InChI is InChI=1S/C22H27N3O5/c1-4-13-24(14-5-2)22(27)17-9-8-10-18(15-17)23-21(26)16(3)30-20-12-7-6-11-19(20)25(28)29/h6-12,15-16H,4-5,13-14H2,1-3H3,(H,23,26). The van der Waals surface area contributed by atoms with Crippen molar-refractivity contribution in [2.75, 3.05) is 18.4 Å². The molecule has 8 heteroatoms. The summed E-state index contributed by atoms with van der Waals surface area (Å²) >= 11 is 0. The first-order valence-corrected chi connectivity index (χ1v) is 9.97. The van der Waals surface area contributed by atoms with Gasteiger partial charge in [0.15, 0.2) is 11.9 Å². The van der Waals surface area contributed by atoms with Crippen LogP contribution in [0.5, 0.6) is 5.75 Å². The van der Waals surface area contributed by atoms with Gasteiger partial charge < -0.3 is 15.0 Å². The second-order valence-electron chi connectivity index (χ2n) is 6.85. The number of nitro groups is 1. The topological polar surface area (TPSA) is 102 Å². The maximum Gasteiger partial charge on any atom is 0.310 e. The highest BCUT2D eigenvalue weighted by molar-refractivity contribution is 5.98. The highest BCUT2D eigenvalue weighted by Gasteiger charge is 2.21. The average molecular weight is 413 g/mol. The Morgan fingerprint density at radius 2 is 1.77 bits per heavy atom. The second-order valence-corrected chi connectivity index (χ2v) is 6.85. The van der Waals surface area contributed by atoms with Crippen LogP contribution in [0.25, 0.3) is 0 Å². The number of hydrogen-bond donors (Lipinski definition) is 1. The summed E-state index contributed by atoms with van der Waals surface area (Å²) in [6.07, 6.45) is 0.757. The first kappa shape index (κ1) is 22.9.